The highest BCUT2D eigenvalue weighted by molar-refractivity contribution is 7.89. The normalized spacial score (nSPS) is 14.8. The molecule has 2 aromatic carbocycles. The van der Waals surface area contributed by atoms with E-state index in [9.17, 15) is 17.6 Å². The molecule has 0 aliphatic carbocycles. The summed E-state index contributed by atoms with van der Waals surface area (Å²) in [6.45, 7) is 2.09. The molecule has 10 heteroatoms. The maximum Gasteiger partial charge on any atom is 0.257 e. The van der Waals surface area contributed by atoms with Gasteiger partial charge in [-0.1, -0.05) is 0 Å². The first-order chi connectivity index (χ1) is 15.4. The Balaban J connectivity index is 1.35. The number of nitrogens with zero attached hydrogens (tertiary/aromatic N) is 2. The molecule has 8 nitrogen and oxygen atoms in total. The minimum Gasteiger partial charge on any atom is -0.497 e. The number of halogens is 1. The van der Waals surface area contributed by atoms with Crippen LogP contribution in [0.15, 0.2) is 48.5 Å². The number of amides is 1. The molecule has 0 bridgehead atoms. The number of piperazine rings is 1. The molecule has 0 radical (unpaired) electrons. The molecular weight excluding hydrogens is 437 g/mol. The Morgan fingerprint density at radius 3 is 2.25 bits per heavy atom. The van der Waals surface area contributed by atoms with Gasteiger partial charge in [0, 0.05) is 38.4 Å². The van der Waals surface area contributed by atoms with Gasteiger partial charge in [0.15, 0.2) is 6.61 Å². The molecule has 0 saturated carbocycles. The van der Waals surface area contributed by atoms with Gasteiger partial charge in [0.05, 0.1) is 12.9 Å². The van der Waals surface area contributed by atoms with Crippen LogP contribution >= 0.6 is 0 Å². The number of hydrogen-bond donors (Lipinski definition) is 1. The number of anilines is 1. The first kappa shape index (κ1) is 23.8. The number of hydrogen-bond acceptors (Lipinski definition) is 6. The number of carbonyl (C=O) groups excluding carboxylic acids is 1. The Morgan fingerprint density at radius 2 is 1.62 bits per heavy atom. The van der Waals surface area contributed by atoms with E-state index in [0.717, 1.165) is 11.4 Å². The van der Waals surface area contributed by atoms with Crippen molar-refractivity contribution in [2.45, 2.75) is 6.42 Å². The van der Waals surface area contributed by atoms with Crippen molar-refractivity contribution >= 4 is 21.6 Å². The van der Waals surface area contributed by atoms with E-state index in [4.69, 9.17) is 9.47 Å². The Bertz CT molecular complexity index is 976. The average molecular weight is 466 g/mol. The zero-order valence-corrected chi connectivity index (χ0v) is 18.8. The van der Waals surface area contributed by atoms with Gasteiger partial charge in [0.2, 0.25) is 10.0 Å². The number of benzene rings is 2. The molecule has 1 aliphatic heterocycles. The predicted octanol–water partition coefficient (Wildman–Crippen LogP) is 1.87. The first-order valence-corrected chi connectivity index (χ1v) is 12.0. The summed E-state index contributed by atoms with van der Waals surface area (Å²) in [6.07, 6.45) is 0.309. The lowest BCUT2D eigenvalue weighted by molar-refractivity contribution is -0.123. The zero-order chi connectivity index (χ0) is 23.0. The number of nitrogens with one attached hydrogen (secondary N) is 1. The topological polar surface area (TPSA) is 88.2 Å². The molecule has 3 rings (SSSR count). The fraction of sp³-hybridized carbons (Fsp3) is 0.409. The molecule has 0 atom stereocenters. The van der Waals surface area contributed by atoms with Gasteiger partial charge in [-0.05, 0) is 55.0 Å². The fourth-order valence-corrected chi connectivity index (χ4v) is 4.85. The van der Waals surface area contributed by atoms with Crippen LogP contribution in [0.2, 0.25) is 0 Å². The van der Waals surface area contributed by atoms with Gasteiger partial charge in [0.1, 0.15) is 17.3 Å². The minimum atomic E-state index is -3.39. The summed E-state index contributed by atoms with van der Waals surface area (Å²) in [4.78, 5) is 14.0. The van der Waals surface area contributed by atoms with Crippen molar-refractivity contribution in [2.24, 2.45) is 0 Å². The Morgan fingerprint density at radius 1 is 1.00 bits per heavy atom. The molecule has 1 fully saturated rings. The lowest BCUT2D eigenvalue weighted by Gasteiger charge is -2.35. The van der Waals surface area contributed by atoms with Gasteiger partial charge in [0.25, 0.3) is 5.91 Å². The minimum absolute atomic E-state index is 0.0331. The molecular formula is C22H28FN3O5S. The van der Waals surface area contributed by atoms with E-state index < -0.39 is 10.0 Å². The van der Waals surface area contributed by atoms with Crippen molar-refractivity contribution < 1.29 is 27.1 Å². The van der Waals surface area contributed by atoms with E-state index >= 15 is 0 Å². The van der Waals surface area contributed by atoms with E-state index in [-0.39, 0.29) is 30.6 Å². The predicted molar refractivity (Wildman–Crippen MR) is 120 cm³/mol. The van der Waals surface area contributed by atoms with Crippen LogP contribution in [-0.2, 0) is 14.8 Å². The number of carbonyl (C=O) groups is 1. The van der Waals surface area contributed by atoms with Crippen LogP contribution in [0.5, 0.6) is 11.5 Å². The van der Waals surface area contributed by atoms with Crippen molar-refractivity contribution in [1.82, 2.24) is 9.62 Å². The van der Waals surface area contributed by atoms with Crippen molar-refractivity contribution in [3.63, 3.8) is 0 Å². The number of sulfonamides is 1. The summed E-state index contributed by atoms with van der Waals surface area (Å²) < 4.78 is 50.0. The van der Waals surface area contributed by atoms with Crippen LogP contribution in [0.1, 0.15) is 6.42 Å². The molecule has 1 saturated heterocycles. The third-order valence-electron chi connectivity index (χ3n) is 5.15. The quantitative estimate of drug-likeness (QED) is 0.539. The summed E-state index contributed by atoms with van der Waals surface area (Å²) in [5.41, 5.74) is 1.04. The van der Waals surface area contributed by atoms with Crippen LogP contribution in [0.25, 0.3) is 0 Å². The van der Waals surface area contributed by atoms with Crippen LogP contribution in [-0.4, -0.2) is 70.8 Å². The second-order valence-electron chi connectivity index (χ2n) is 7.35. The standard InChI is InChI=1S/C22H28FN3O5S/c1-30-20-9-5-19(6-10-20)25-12-14-26(15-13-25)32(28,29)16-2-11-24-22(27)17-31-21-7-3-18(23)4-8-21/h3-10H,2,11-17H2,1H3,(H,24,27). The average Bonchev–Trinajstić information content (AvgIpc) is 2.81. The first-order valence-electron chi connectivity index (χ1n) is 10.4. The molecule has 1 heterocycles. The lowest BCUT2D eigenvalue weighted by atomic mass is 10.2. The Labute approximate surface area is 188 Å². The van der Waals surface area contributed by atoms with Gasteiger partial charge < -0.3 is 19.7 Å². The molecule has 32 heavy (non-hydrogen) atoms. The van der Waals surface area contributed by atoms with Gasteiger partial charge in [-0.2, -0.15) is 4.31 Å². The maximum atomic E-state index is 12.9. The van der Waals surface area contributed by atoms with Crippen molar-refractivity contribution in [2.75, 3.05) is 57.1 Å². The van der Waals surface area contributed by atoms with Crippen LogP contribution in [0.4, 0.5) is 10.1 Å². The van der Waals surface area contributed by atoms with Crippen molar-refractivity contribution in [3.8, 4) is 11.5 Å². The smallest absolute Gasteiger partial charge is 0.257 e. The molecule has 0 unspecified atom stereocenters. The van der Waals surface area contributed by atoms with Crippen molar-refractivity contribution in [1.29, 1.82) is 0 Å². The Kier molecular flexibility index (Phi) is 8.29. The third-order valence-corrected chi connectivity index (χ3v) is 7.11. The molecule has 0 aromatic heterocycles. The van der Waals surface area contributed by atoms with Gasteiger partial charge in [-0.25, -0.2) is 12.8 Å². The van der Waals surface area contributed by atoms with E-state index in [1.54, 1.807) is 7.11 Å². The highest BCUT2D eigenvalue weighted by Gasteiger charge is 2.26. The SMILES string of the molecule is COc1ccc(N2CCN(S(=O)(=O)CCCNC(=O)COc3ccc(F)cc3)CC2)cc1. The number of ether oxygens (including phenoxy) is 2. The van der Waals surface area contributed by atoms with Crippen LogP contribution < -0.4 is 19.7 Å². The van der Waals surface area contributed by atoms with E-state index in [0.29, 0.717) is 38.3 Å². The summed E-state index contributed by atoms with van der Waals surface area (Å²) in [6, 6.07) is 13.1. The summed E-state index contributed by atoms with van der Waals surface area (Å²) in [5, 5.41) is 2.64. The molecule has 0 spiro atoms. The second-order valence-corrected chi connectivity index (χ2v) is 9.43. The van der Waals surface area contributed by atoms with Crippen LogP contribution in [0.3, 0.4) is 0 Å². The highest BCUT2D eigenvalue weighted by atomic mass is 32.2. The summed E-state index contributed by atoms with van der Waals surface area (Å²) in [7, 11) is -1.77. The van der Waals surface area contributed by atoms with Gasteiger partial charge in [-0.3, -0.25) is 4.79 Å². The Hall–Kier alpha value is -2.85. The summed E-state index contributed by atoms with van der Waals surface area (Å²) in [5.74, 6) is 0.390. The van der Waals surface area contributed by atoms with Crippen LogP contribution in [0, 0.1) is 5.82 Å². The number of rotatable bonds is 10. The van der Waals surface area contributed by atoms with E-state index in [2.05, 4.69) is 10.2 Å². The molecule has 2 aromatic rings. The highest BCUT2D eigenvalue weighted by Crippen LogP contribution is 2.21. The molecule has 1 N–H and O–H groups in total. The fourth-order valence-electron chi connectivity index (χ4n) is 3.36. The monoisotopic (exact) mass is 465 g/mol. The maximum absolute atomic E-state index is 12.9. The van der Waals surface area contributed by atoms with E-state index in [1.165, 1.54) is 28.6 Å². The molecule has 1 amide bonds. The van der Waals surface area contributed by atoms with Gasteiger partial charge >= 0.3 is 0 Å². The summed E-state index contributed by atoms with van der Waals surface area (Å²) >= 11 is 0. The van der Waals surface area contributed by atoms with Crippen molar-refractivity contribution in [3.05, 3.63) is 54.3 Å². The molecule has 1 aliphatic rings. The number of methoxy groups -OCH3 is 1. The lowest BCUT2D eigenvalue weighted by Crippen LogP contribution is -2.49. The van der Waals surface area contributed by atoms with E-state index in [1.807, 2.05) is 24.3 Å². The largest absolute Gasteiger partial charge is 0.497 e. The zero-order valence-electron chi connectivity index (χ0n) is 18.0. The second kappa shape index (κ2) is 11.1. The molecule has 174 valence electrons. The van der Waals surface area contributed by atoms with Gasteiger partial charge in [-0.15, -0.1) is 0 Å². The third kappa shape index (κ3) is 6.83.